The Labute approximate surface area is 232 Å². The lowest BCUT2D eigenvalue weighted by atomic mass is 10.1. The summed E-state index contributed by atoms with van der Waals surface area (Å²) in [4.78, 5) is 15.7. The number of amides is 1. The molecule has 198 valence electrons. The maximum Gasteiger partial charge on any atom is 0.229 e. The van der Waals surface area contributed by atoms with E-state index >= 15 is 0 Å². The third kappa shape index (κ3) is 6.89. The van der Waals surface area contributed by atoms with Crippen LogP contribution in [0.5, 0.6) is 0 Å². The molecule has 0 radical (unpaired) electrons. The molecule has 2 heterocycles. The topological polar surface area (TPSA) is 81.2 Å². The first-order valence-electron chi connectivity index (χ1n) is 12.9. The van der Waals surface area contributed by atoms with Gasteiger partial charge in [-0.2, -0.15) is 5.10 Å². The third-order valence-electron chi connectivity index (χ3n) is 6.63. The Morgan fingerprint density at radius 1 is 1.08 bits per heavy atom. The number of hydrogen-bond donors (Lipinski definition) is 3. The molecule has 0 aliphatic heterocycles. The number of aromatic amines is 1. The van der Waals surface area contributed by atoms with E-state index in [2.05, 4.69) is 38.6 Å². The molecule has 5 aromatic rings. The Kier molecular flexibility index (Phi) is 8.32. The van der Waals surface area contributed by atoms with Crippen LogP contribution in [-0.2, 0) is 17.8 Å². The second-order valence-electron chi connectivity index (χ2n) is 9.83. The van der Waals surface area contributed by atoms with Gasteiger partial charge in [-0.3, -0.25) is 14.8 Å². The van der Waals surface area contributed by atoms with Crippen molar-refractivity contribution in [3.63, 3.8) is 0 Å². The fraction of sp³-hybridized carbons (Fsp3) is 0.188. The van der Waals surface area contributed by atoms with Crippen LogP contribution in [0.3, 0.4) is 0 Å². The number of aryl methyl sites for hydroxylation is 1. The van der Waals surface area contributed by atoms with Crippen molar-refractivity contribution in [1.29, 1.82) is 0 Å². The minimum Gasteiger partial charge on any atom is -0.387 e. The third-order valence-corrected chi connectivity index (χ3v) is 7.51. The molecule has 1 unspecified atom stereocenters. The number of nitrogens with zero attached hydrogens (tertiary/aromatic N) is 2. The highest BCUT2D eigenvalue weighted by atomic mass is 32.1. The zero-order valence-electron chi connectivity index (χ0n) is 22.1. The summed E-state index contributed by atoms with van der Waals surface area (Å²) in [5.74, 6) is -0.0291. The monoisotopic (exact) mass is 536 g/mol. The molecule has 0 aliphatic rings. The smallest absolute Gasteiger partial charge is 0.229 e. The van der Waals surface area contributed by atoms with E-state index in [1.54, 1.807) is 11.3 Å². The molecule has 6 nitrogen and oxygen atoms in total. The Balaban J connectivity index is 1.26. The van der Waals surface area contributed by atoms with E-state index in [0.29, 0.717) is 13.0 Å². The summed E-state index contributed by atoms with van der Waals surface area (Å²) >= 11 is 1.58. The molecule has 0 fully saturated rings. The van der Waals surface area contributed by atoms with Gasteiger partial charge in [-0.05, 0) is 65.9 Å². The number of nitrogens with one attached hydrogen (secondary N) is 2. The predicted molar refractivity (Wildman–Crippen MR) is 161 cm³/mol. The zero-order chi connectivity index (χ0) is 27.2. The highest BCUT2D eigenvalue weighted by molar-refractivity contribution is 7.10. The molecule has 1 atom stereocenters. The summed E-state index contributed by atoms with van der Waals surface area (Å²) in [5, 5.41) is 24.2. The number of carbonyl (C=O) groups is 1. The summed E-state index contributed by atoms with van der Waals surface area (Å²) in [6, 6.07) is 26.0. The Bertz CT molecular complexity index is 1570. The lowest BCUT2D eigenvalue weighted by Crippen LogP contribution is -2.24. The van der Waals surface area contributed by atoms with Gasteiger partial charge >= 0.3 is 0 Å². The molecule has 0 saturated carbocycles. The van der Waals surface area contributed by atoms with Crippen molar-refractivity contribution in [3.8, 4) is 0 Å². The van der Waals surface area contributed by atoms with Gasteiger partial charge in [-0.15, -0.1) is 11.3 Å². The van der Waals surface area contributed by atoms with Crippen LogP contribution in [0, 0.1) is 6.92 Å². The van der Waals surface area contributed by atoms with Gasteiger partial charge in [0.05, 0.1) is 23.7 Å². The van der Waals surface area contributed by atoms with Crippen molar-refractivity contribution in [2.75, 3.05) is 18.9 Å². The lowest BCUT2D eigenvalue weighted by Gasteiger charge is -2.21. The molecule has 2 aromatic heterocycles. The Morgan fingerprint density at radius 3 is 2.72 bits per heavy atom. The van der Waals surface area contributed by atoms with E-state index in [0.717, 1.165) is 56.0 Å². The van der Waals surface area contributed by atoms with Crippen LogP contribution in [0.25, 0.3) is 23.1 Å². The fourth-order valence-corrected chi connectivity index (χ4v) is 5.35. The molecule has 0 bridgehead atoms. The van der Waals surface area contributed by atoms with Crippen molar-refractivity contribution in [2.45, 2.75) is 26.0 Å². The summed E-state index contributed by atoms with van der Waals surface area (Å²) < 4.78 is 0. The van der Waals surface area contributed by atoms with Crippen LogP contribution >= 0.6 is 11.3 Å². The summed E-state index contributed by atoms with van der Waals surface area (Å²) in [5.41, 5.74) is 6.67. The number of thiophene rings is 1. The summed E-state index contributed by atoms with van der Waals surface area (Å²) in [6.07, 6.45) is 3.88. The van der Waals surface area contributed by atoms with Crippen LogP contribution in [0.2, 0.25) is 0 Å². The largest absolute Gasteiger partial charge is 0.387 e. The lowest BCUT2D eigenvalue weighted by molar-refractivity contribution is -0.115. The number of H-pyrrole nitrogens is 1. The van der Waals surface area contributed by atoms with Crippen molar-refractivity contribution in [1.82, 2.24) is 15.1 Å². The van der Waals surface area contributed by atoms with Crippen LogP contribution in [0.15, 0.2) is 84.2 Å². The molecular weight excluding hydrogens is 504 g/mol. The van der Waals surface area contributed by atoms with E-state index in [1.165, 1.54) is 0 Å². The van der Waals surface area contributed by atoms with Gasteiger partial charge in [0.25, 0.3) is 0 Å². The zero-order valence-corrected chi connectivity index (χ0v) is 22.9. The maximum atomic E-state index is 12.6. The van der Waals surface area contributed by atoms with E-state index in [-0.39, 0.29) is 5.91 Å². The van der Waals surface area contributed by atoms with E-state index in [9.17, 15) is 9.90 Å². The van der Waals surface area contributed by atoms with Gasteiger partial charge in [0.2, 0.25) is 5.91 Å². The van der Waals surface area contributed by atoms with Crippen LogP contribution in [0.1, 0.15) is 38.9 Å². The summed E-state index contributed by atoms with van der Waals surface area (Å²) in [7, 11) is 2.02. The quantitative estimate of drug-likeness (QED) is 0.192. The van der Waals surface area contributed by atoms with Gasteiger partial charge in [-0.1, -0.05) is 66.7 Å². The highest BCUT2D eigenvalue weighted by Gasteiger charge is 2.12. The number of benzene rings is 3. The Hall–Kier alpha value is -4.04. The number of aromatic nitrogens is 2. The highest BCUT2D eigenvalue weighted by Crippen LogP contribution is 2.26. The first-order valence-corrected chi connectivity index (χ1v) is 13.8. The summed E-state index contributed by atoms with van der Waals surface area (Å²) in [6.45, 7) is 3.26. The molecule has 3 aromatic carbocycles. The molecule has 39 heavy (non-hydrogen) atoms. The second-order valence-corrected chi connectivity index (χ2v) is 10.9. The first kappa shape index (κ1) is 26.6. The standard InChI is InChI=1S/C32H32N4O2S/c1-22-16-30-27(19-29(22)33-32(38)18-26-12-7-15-39-26)28(34-35-30)14-13-23-8-6-9-24(17-23)20-36(2)21-31(37)25-10-4-3-5-11-25/h3-17,19,31,37H,18,20-21H2,1-2H3,(H,33,38)(H,34,35)/b14-13+. The van der Waals surface area contributed by atoms with Gasteiger partial charge in [-0.25, -0.2) is 0 Å². The minimum atomic E-state index is -0.527. The molecule has 3 N–H and O–H groups in total. The van der Waals surface area contributed by atoms with Crippen molar-refractivity contribution in [2.24, 2.45) is 0 Å². The minimum absolute atomic E-state index is 0.0291. The fourth-order valence-electron chi connectivity index (χ4n) is 4.64. The van der Waals surface area contributed by atoms with Gasteiger partial charge in [0.1, 0.15) is 0 Å². The molecule has 7 heteroatoms. The number of hydrogen-bond acceptors (Lipinski definition) is 5. The second kappa shape index (κ2) is 12.2. The number of carbonyl (C=O) groups excluding carboxylic acids is 1. The van der Waals surface area contributed by atoms with Gasteiger partial charge in [0.15, 0.2) is 0 Å². The molecular formula is C32H32N4O2S. The molecule has 0 aliphatic carbocycles. The predicted octanol–water partition coefficient (Wildman–Crippen LogP) is 6.45. The normalized spacial score (nSPS) is 12.4. The van der Waals surface area contributed by atoms with E-state index in [1.807, 2.05) is 92.2 Å². The van der Waals surface area contributed by atoms with E-state index < -0.39 is 6.10 Å². The number of rotatable bonds is 10. The van der Waals surface area contributed by atoms with Crippen LogP contribution < -0.4 is 5.32 Å². The first-order chi connectivity index (χ1) is 18.9. The van der Waals surface area contributed by atoms with E-state index in [4.69, 9.17) is 0 Å². The molecule has 0 saturated heterocycles. The van der Waals surface area contributed by atoms with Crippen molar-refractivity contribution >= 4 is 46.0 Å². The van der Waals surface area contributed by atoms with Crippen molar-refractivity contribution in [3.05, 3.63) is 117 Å². The van der Waals surface area contributed by atoms with Crippen LogP contribution in [0.4, 0.5) is 5.69 Å². The number of likely N-dealkylation sites (N-methyl/N-ethyl adjacent to an activating group) is 1. The van der Waals surface area contributed by atoms with Crippen molar-refractivity contribution < 1.29 is 9.90 Å². The van der Waals surface area contributed by atoms with Crippen LogP contribution in [-0.4, -0.2) is 39.7 Å². The number of fused-ring (bicyclic) bond motifs is 1. The SMILES string of the molecule is Cc1cc2[nH]nc(/C=C/c3cccc(CN(C)CC(O)c4ccccc4)c3)c2cc1NC(=O)Cc1cccs1. The number of anilines is 1. The van der Waals surface area contributed by atoms with Gasteiger partial charge in [0, 0.05) is 29.0 Å². The molecule has 0 spiro atoms. The molecule has 1 amide bonds. The van der Waals surface area contributed by atoms with Gasteiger partial charge < -0.3 is 10.4 Å². The number of aliphatic hydroxyl groups is 1. The molecule has 5 rings (SSSR count). The average molecular weight is 537 g/mol. The Morgan fingerprint density at radius 2 is 1.92 bits per heavy atom. The number of aliphatic hydroxyl groups excluding tert-OH is 1. The average Bonchev–Trinajstić information content (AvgIpc) is 3.58. The maximum absolute atomic E-state index is 12.6.